The third kappa shape index (κ3) is 4.76. The second-order valence-electron chi connectivity index (χ2n) is 7.23. The molecule has 0 aromatic rings. The Morgan fingerprint density at radius 2 is 1.80 bits per heavy atom. The number of nitrogens with zero attached hydrogens (tertiary/aromatic N) is 1. The van der Waals surface area contributed by atoms with E-state index in [1.54, 1.807) is 18.7 Å². The number of likely N-dealkylation sites (tertiary alicyclic amines) is 1. The van der Waals surface area contributed by atoms with E-state index >= 15 is 0 Å². The summed E-state index contributed by atoms with van der Waals surface area (Å²) < 4.78 is 23.7. The molecule has 0 saturated carbocycles. The Kier molecular flexibility index (Phi) is 5.64. The van der Waals surface area contributed by atoms with Gasteiger partial charge in [-0.05, 0) is 44.4 Å². The number of carbonyl (C=O) groups excluding carboxylic acids is 1. The van der Waals surface area contributed by atoms with Gasteiger partial charge in [-0.3, -0.25) is 4.79 Å². The van der Waals surface area contributed by atoms with E-state index in [0.717, 1.165) is 19.3 Å². The van der Waals surface area contributed by atoms with Crippen LogP contribution in [0.2, 0.25) is 0 Å². The average Bonchev–Trinajstić information content (AvgIpc) is 2.52. The van der Waals surface area contributed by atoms with Crippen molar-refractivity contribution in [3.63, 3.8) is 0 Å². The molecule has 4 nitrogen and oxygen atoms in total. The van der Waals surface area contributed by atoms with E-state index in [1.165, 1.54) is 0 Å². The highest BCUT2D eigenvalue weighted by atomic mass is 32.2. The lowest BCUT2D eigenvalue weighted by Crippen LogP contribution is -2.38. The van der Waals surface area contributed by atoms with Crippen LogP contribution in [0.25, 0.3) is 0 Å². The van der Waals surface area contributed by atoms with Crippen LogP contribution in [0.3, 0.4) is 0 Å². The predicted molar refractivity (Wildman–Crippen MR) is 82.3 cm³/mol. The van der Waals surface area contributed by atoms with E-state index in [4.69, 9.17) is 0 Å². The summed E-state index contributed by atoms with van der Waals surface area (Å²) in [6.07, 6.45) is 3.05. The fourth-order valence-electron chi connectivity index (χ4n) is 2.64. The molecule has 1 atom stereocenters. The zero-order chi connectivity index (χ0) is 15.6. The number of rotatable bonds is 3. The highest BCUT2D eigenvalue weighted by Gasteiger charge is 2.30. The van der Waals surface area contributed by atoms with Crippen LogP contribution in [0.15, 0.2) is 0 Å². The molecule has 1 aliphatic rings. The maximum Gasteiger partial charge on any atom is 0.237 e. The summed E-state index contributed by atoms with van der Waals surface area (Å²) in [6, 6.07) is 0. The van der Waals surface area contributed by atoms with Crippen molar-refractivity contribution in [1.29, 1.82) is 0 Å². The third-order valence-electron chi connectivity index (χ3n) is 4.35. The van der Waals surface area contributed by atoms with Crippen molar-refractivity contribution in [3.8, 4) is 0 Å². The van der Waals surface area contributed by atoms with Crippen LogP contribution < -0.4 is 0 Å². The summed E-state index contributed by atoms with van der Waals surface area (Å²) in [5, 5.41) is -0.485. The van der Waals surface area contributed by atoms with E-state index in [0.29, 0.717) is 19.0 Å². The zero-order valence-corrected chi connectivity index (χ0v) is 14.3. The zero-order valence-electron chi connectivity index (χ0n) is 13.5. The van der Waals surface area contributed by atoms with Crippen LogP contribution in [0.1, 0.15) is 53.9 Å². The molecule has 1 amide bonds. The predicted octanol–water partition coefficient (Wildman–Crippen LogP) is 2.48. The molecule has 1 fully saturated rings. The van der Waals surface area contributed by atoms with Gasteiger partial charge in [-0.25, -0.2) is 8.42 Å². The minimum atomic E-state index is -3.29. The quantitative estimate of drug-likeness (QED) is 0.805. The van der Waals surface area contributed by atoms with Gasteiger partial charge in [0.15, 0.2) is 9.84 Å². The number of carbonyl (C=O) groups is 1. The van der Waals surface area contributed by atoms with Gasteiger partial charge in [0.1, 0.15) is 5.75 Å². The topological polar surface area (TPSA) is 54.5 Å². The molecule has 0 aromatic carbocycles. The maximum atomic E-state index is 12.2. The van der Waals surface area contributed by atoms with Crippen molar-refractivity contribution in [1.82, 2.24) is 4.90 Å². The van der Waals surface area contributed by atoms with E-state index in [-0.39, 0.29) is 17.1 Å². The van der Waals surface area contributed by atoms with Crippen LogP contribution in [0.5, 0.6) is 0 Å². The number of sulfone groups is 1. The Labute approximate surface area is 123 Å². The minimum absolute atomic E-state index is 0.228. The Morgan fingerprint density at radius 3 is 2.30 bits per heavy atom. The van der Waals surface area contributed by atoms with Crippen molar-refractivity contribution < 1.29 is 13.2 Å². The summed E-state index contributed by atoms with van der Waals surface area (Å²) in [7, 11) is -3.29. The fourth-order valence-corrected chi connectivity index (χ4v) is 3.50. The van der Waals surface area contributed by atoms with Gasteiger partial charge in [-0.15, -0.1) is 0 Å². The highest BCUT2D eigenvalue weighted by molar-refractivity contribution is 7.92. The van der Waals surface area contributed by atoms with Crippen molar-refractivity contribution in [2.24, 2.45) is 11.3 Å². The van der Waals surface area contributed by atoms with E-state index in [1.807, 2.05) is 0 Å². The van der Waals surface area contributed by atoms with Gasteiger partial charge >= 0.3 is 0 Å². The number of hydrogen-bond donors (Lipinski definition) is 0. The smallest absolute Gasteiger partial charge is 0.237 e. The first-order valence-corrected chi connectivity index (χ1v) is 9.25. The number of amides is 1. The van der Waals surface area contributed by atoms with Gasteiger partial charge in [0.05, 0.1) is 5.25 Å². The molecule has 5 heteroatoms. The summed E-state index contributed by atoms with van der Waals surface area (Å²) in [5.74, 6) is 0.0282. The van der Waals surface area contributed by atoms with Gasteiger partial charge in [0, 0.05) is 13.1 Å². The Bertz CT molecular complexity index is 435. The Hall–Kier alpha value is -0.580. The molecule has 0 unspecified atom stereocenters. The number of hydrogen-bond acceptors (Lipinski definition) is 3. The average molecular weight is 303 g/mol. The van der Waals surface area contributed by atoms with Crippen LogP contribution >= 0.6 is 0 Å². The van der Waals surface area contributed by atoms with Crippen molar-refractivity contribution in [2.75, 3.05) is 18.8 Å². The van der Waals surface area contributed by atoms with Crippen molar-refractivity contribution in [2.45, 2.75) is 59.1 Å². The molecule has 1 aliphatic heterocycles. The molecular formula is C15H29NO3S. The highest BCUT2D eigenvalue weighted by Crippen LogP contribution is 2.34. The van der Waals surface area contributed by atoms with Crippen LogP contribution in [0.4, 0.5) is 0 Å². The van der Waals surface area contributed by atoms with Gasteiger partial charge in [0.2, 0.25) is 5.91 Å². The van der Waals surface area contributed by atoms with Gasteiger partial charge in [-0.2, -0.15) is 0 Å². The van der Waals surface area contributed by atoms with Crippen LogP contribution in [-0.2, 0) is 14.6 Å². The van der Waals surface area contributed by atoms with Crippen LogP contribution in [0, 0.1) is 11.3 Å². The first-order chi connectivity index (χ1) is 9.04. The third-order valence-corrected chi connectivity index (χ3v) is 6.43. The van der Waals surface area contributed by atoms with E-state index < -0.39 is 15.1 Å². The normalized spacial score (nSPS) is 21.9. The second-order valence-corrected chi connectivity index (χ2v) is 9.79. The first kappa shape index (κ1) is 17.5. The van der Waals surface area contributed by atoms with Crippen molar-refractivity contribution in [3.05, 3.63) is 0 Å². The van der Waals surface area contributed by atoms with Crippen molar-refractivity contribution >= 4 is 15.7 Å². The fraction of sp³-hybridized carbons (Fsp3) is 0.933. The first-order valence-electron chi connectivity index (χ1n) is 7.53. The molecule has 0 radical (unpaired) electrons. The molecule has 0 aliphatic carbocycles. The van der Waals surface area contributed by atoms with Crippen LogP contribution in [-0.4, -0.2) is 43.3 Å². The molecule has 0 spiro atoms. The molecule has 0 bridgehead atoms. The Balaban J connectivity index is 2.64. The molecule has 0 N–H and O–H groups in total. The Morgan fingerprint density at radius 1 is 1.20 bits per heavy atom. The largest absolute Gasteiger partial charge is 0.342 e. The van der Waals surface area contributed by atoms with E-state index in [9.17, 15) is 13.2 Å². The van der Waals surface area contributed by atoms with E-state index in [2.05, 4.69) is 20.8 Å². The molecule has 118 valence electrons. The summed E-state index contributed by atoms with van der Waals surface area (Å²) in [5.41, 5.74) is 0.253. The standard InChI is InChI=1S/C15H29NO3S/c1-12(2)20(18,19)11-14(17)16-9-6-7-13(8-10-16)15(3,4)5/h12-13H,6-11H2,1-5H3/t13-/m0/s1. The minimum Gasteiger partial charge on any atom is -0.342 e. The van der Waals surface area contributed by atoms with Gasteiger partial charge < -0.3 is 4.90 Å². The summed E-state index contributed by atoms with van der Waals surface area (Å²) in [6.45, 7) is 11.3. The molecule has 1 saturated heterocycles. The molecular weight excluding hydrogens is 274 g/mol. The summed E-state index contributed by atoms with van der Waals surface area (Å²) >= 11 is 0. The van der Waals surface area contributed by atoms with Gasteiger partial charge in [0.25, 0.3) is 0 Å². The lowest BCUT2D eigenvalue weighted by Gasteiger charge is -2.29. The lowest BCUT2D eigenvalue weighted by molar-refractivity contribution is -0.128. The SMILES string of the molecule is CC(C)S(=O)(=O)CC(=O)N1CCC[C@H](C(C)(C)C)CC1. The molecule has 20 heavy (non-hydrogen) atoms. The summed E-state index contributed by atoms with van der Waals surface area (Å²) in [4.78, 5) is 13.9. The second kappa shape index (κ2) is 6.46. The molecule has 1 heterocycles. The lowest BCUT2D eigenvalue weighted by atomic mass is 9.77. The molecule has 0 aromatic heterocycles. The van der Waals surface area contributed by atoms with Gasteiger partial charge in [-0.1, -0.05) is 20.8 Å². The monoisotopic (exact) mass is 303 g/mol. The molecule has 1 rings (SSSR count). The maximum absolute atomic E-state index is 12.2.